The van der Waals surface area contributed by atoms with Gasteiger partial charge in [-0.2, -0.15) is 4.98 Å². The molecule has 0 unspecified atom stereocenters. The summed E-state index contributed by atoms with van der Waals surface area (Å²) in [5.74, 6) is -0.202. The molecule has 5 aromatic rings. The van der Waals surface area contributed by atoms with Crippen molar-refractivity contribution < 1.29 is 32.7 Å². The standard InChI is InChI=1S/C49H58N8O8S/c1-48(2,59)39-7-4-3-6-37(39)41-8-5-19-55(41)35-29-49(30-35)16-20-54(21-17-49)34-9-11-38(42(27-34)56-22-25-65-47-44(56)26-33-13-18-50-45(33)52-47)46(58)53-66(62,63)36-10-12-40(43(28-36)57(60)61)51-31-32-14-23-64-24-15-32/h3-4,6-7,9-13,18,26-28,32,35,41,51,59H,5,8,14-17,19-25,29-31H2,1-2H3,(H,50,52)(H,53,58)/t41-/m0/s1. The summed E-state index contributed by atoms with van der Waals surface area (Å²) in [4.78, 5) is 40.3. The van der Waals surface area contributed by atoms with Crippen molar-refractivity contribution in [2.75, 3.05) is 67.7 Å². The normalized spacial score (nSPS) is 20.5. The zero-order valence-corrected chi connectivity index (χ0v) is 38.3. The van der Waals surface area contributed by atoms with Crippen molar-refractivity contribution in [2.24, 2.45) is 11.3 Å². The first-order valence-corrected chi connectivity index (χ1v) is 24.8. The molecular formula is C49H58N8O8S. The van der Waals surface area contributed by atoms with Gasteiger partial charge in [-0.25, -0.2) is 13.1 Å². The highest BCUT2D eigenvalue weighted by Gasteiger charge is 2.50. The molecular weight excluding hydrogens is 861 g/mol. The number of nitro benzene ring substituents is 1. The Morgan fingerprint density at radius 1 is 0.970 bits per heavy atom. The van der Waals surface area contributed by atoms with Gasteiger partial charge in [0, 0.05) is 68.3 Å². The number of pyridine rings is 1. The second-order valence-corrected chi connectivity index (χ2v) is 21.0. The van der Waals surface area contributed by atoms with E-state index in [1.807, 2.05) is 49.1 Å². The van der Waals surface area contributed by atoms with Crippen LogP contribution >= 0.6 is 0 Å². The second kappa shape index (κ2) is 17.5. The highest BCUT2D eigenvalue weighted by atomic mass is 32.2. The minimum atomic E-state index is -4.56. The van der Waals surface area contributed by atoms with Crippen LogP contribution < -0.4 is 24.6 Å². The third-order valence-corrected chi connectivity index (χ3v) is 16.1. The lowest BCUT2D eigenvalue weighted by atomic mass is 9.59. The first-order chi connectivity index (χ1) is 31.7. The molecule has 4 fully saturated rings. The molecule has 1 amide bonds. The van der Waals surface area contributed by atoms with Gasteiger partial charge < -0.3 is 34.7 Å². The Morgan fingerprint density at radius 2 is 1.76 bits per heavy atom. The Bertz CT molecular complexity index is 2750. The van der Waals surface area contributed by atoms with Crippen LogP contribution in [0.15, 0.2) is 83.9 Å². The molecule has 1 atom stereocenters. The molecule has 4 N–H and O–H groups in total. The molecule has 5 aliphatic rings. The molecule has 1 saturated carbocycles. The number of hydrogen-bond acceptors (Lipinski definition) is 13. The van der Waals surface area contributed by atoms with E-state index in [1.165, 1.54) is 17.7 Å². The lowest BCUT2D eigenvalue weighted by molar-refractivity contribution is -0.384. The van der Waals surface area contributed by atoms with Gasteiger partial charge in [-0.15, -0.1) is 0 Å². The fourth-order valence-corrected chi connectivity index (χ4v) is 12.1. The van der Waals surface area contributed by atoms with Crippen LogP contribution in [0.5, 0.6) is 5.88 Å². The molecule has 2 aromatic heterocycles. The molecule has 4 aliphatic heterocycles. The van der Waals surface area contributed by atoms with Gasteiger partial charge in [-0.05, 0) is 137 Å². The number of piperidine rings is 1. The molecule has 0 bridgehead atoms. The molecule has 1 aliphatic carbocycles. The average molecular weight is 919 g/mol. The molecule has 1 spiro atoms. The predicted molar refractivity (Wildman–Crippen MR) is 252 cm³/mol. The number of aromatic amines is 1. The van der Waals surface area contributed by atoms with Crippen molar-refractivity contribution in [3.8, 4) is 5.88 Å². The van der Waals surface area contributed by atoms with Gasteiger partial charge in [0.1, 0.15) is 23.6 Å². The van der Waals surface area contributed by atoms with Crippen molar-refractivity contribution in [1.82, 2.24) is 19.6 Å². The molecule has 3 aromatic carbocycles. The van der Waals surface area contributed by atoms with E-state index in [0.29, 0.717) is 61.3 Å². The summed E-state index contributed by atoms with van der Waals surface area (Å²) in [6.07, 6.45) is 10.0. The smallest absolute Gasteiger partial charge is 0.293 e. The minimum absolute atomic E-state index is 0.121. The minimum Gasteiger partial charge on any atom is -0.474 e. The number of likely N-dealkylation sites (tertiary alicyclic amines) is 1. The molecule has 0 radical (unpaired) electrons. The number of nitro groups is 1. The number of H-pyrrole nitrogens is 1. The van der Waals surface area contributed by atoms with Gasteiger partial charge in [0.05, 0.1) is 33.2 Å². The monoisotopic (exact) mass is 918 g/mol. The van der Waals surface area contributed by atoms with Gasteiger partial charge in [-0.3, -0.25) is 19.8 Å². The van der Waals surface area contributed by atoms with Gasteiger partial charge in [0.2, 0.25) is 5.88 Å². The number of rotatable bonds is 12. The Morgan fingerprint density at radius 3 is 2.53 bits per heavy atom. The summed E-state index contributed by atoms with van der Waals surface area (Å²) in [6.45, 7) is 8.88. The second-order valence-electron chi connectivity index (χ2n) is 19.3. The maximum Gasteiger partial charge on any atom is 0.293 e. The van der Waals surface area contributed by atoms with E-state index in [-0.39, 0.29) is 29.2 Å². The number of aliphatic hydroxyl groups is 1. The third-order valence-electron chi connectivity index (χ3n) is 14.7. The van der Waals surface area contributed by atoms with Gasteiger partial charge in [-0.1, -0.05) is 24.3 Å². The van der Waals surface area contributed by atoms with Crippen molar-refractivity contribution in [3.05, 3.63) is 106 Å². The number of amides is 1. The summed E-state index contributed by atoms with van der Waals surface area (Å²) in [5.41, 5.74) is 4.24. The number of aromatic nitrogens is 2. The first-order valence-electron chi connectivity index (χ1n) is 23.3. The van der Waals surface area contributed by atoms with Crippen LogP contribution in [0.2, 0.25) is 0 Å². The Balaban J connectivity index is 0.884. The summed E-state index contributed by atoms with van der Waals surface area (Å²) in [5, 5.41) is 27.2. The lowest BCUT2D eigenvalue weighted by Crippen LogP contribution is -2.55. The third kappa shape index (κ3) is 8.57. The number of hydrogen-bond donors (Lipinski definition) is 4. The quantitative estimate of drug-likeness (QED) is 0.0701. The van der Waals surface area contributed by atoms with Crippen molar-refractivity contribution in [2.45, 2.75) is 87.8 Å². The van der Waals surface area contributed by atoms with Crippen LogP contribution in [0.3, 0.4) is 0 Å². The number of nitrogens with one attached hydrogen (secondary N) is 3. The largest absolute Gasteiger partial charge is 0.474 e. The molecule has 348 valence electrons. The maximum absolute atomic E-state index is 14.3. The topological polar surface area (TPSA) is 195 Å². The molecule has 17 heteroatoms. The Kier molecular flexibility index (Phi) is 11.7. The number of fused-ring (bicyclic) bond motifs is 2. The highest BCUT2D eigenvalue weighted by molar-refractivity contribution is 7.90. The summed E-state index contributed by atoms with van der Waals surface area (Å²) in [7, 11) is -4.56. The van der Waals surface area contributed by atoms with E-state index in [2.05, 4.69) is 43.0 Å². The lowest BCUT2D eigenvalue weighted by Gasteiger charge is -2.56. The Hall–Kier alpha value is -5.75. The van der Waals surface area contributed by atoms with Crippen molar-refractivity contribution >= 4 is 55.4 Å². The van der Waals surface area contributed by atoms with Crippen LogP contribution in [0.1, 0.15) is 92.7 Å². The number of nitrogens with zero attached hydrogens (tertiary/aromatic N) is 5. The van der Waals surface area contributed by atoms with Crippen LogP contribution in [0.25, 0.3) is 11.0 Å². The summed E-state index contributed by atoms with van der Waals surface area (Å²) < 4.78 is 41.5. The van der Waals surface area contributed by atoms with Crippen LogP contribution in [-0.4, -0.2) is 97.8 Å². The average Bonchev–Trinajstić information content (AvgIpc) is 3.99. The number of ether oxygens (including phenoxy) is 2. The van der Waals surface area contributed by atoms with Gasteiger partial charge >= 0.3 is 0 Å². The fraction of sp³-hybridized carbons (Fsp3) is 0.469. The number of anilines is 4. The van der Waals surface area contributed by atoms with Crippen molar-refractivity contribution in [3.63, 3.8) is 0 Å². The molecule has 16 nitrogen and oxygen atoms in total. The van der Waals surface area contributed by atoms with Gasteiger partial charge in [0.25, 0.3) is 21.6 Å². The van der Waals surface area contributed by atoms with Crippen molar-refractivity contribution in [1.29, 1.82) is 0 Å². The van der Waals surface area contributed by atoms with E-state index in [1.54, 1.807) is 12.3 Å². The summed E-state index contributed by atoms with van der Waals surface area (Å²) >= 11 is 0. The fourth-order valence-electron chi connectivity index (χ4n) is 11.1. The molecule has 66 heavy (non-hydrogen) atoms. The van der Waals surface area contributed by atoms with Crippen LogP contribution in [0.4, 0.5) is 28.4 Å². The number of carbonyl (C=O) groups is 1. The SMILES string of the molecule is CC(C)(O)c1ccccc1[C@@H]1CCCN1C1CC2(CCN(c3ccc(C(=O)NS(=O)(=O)c4ccc(NCC5CCOCC5)c([N+](=O)[O-])c4)c(N4CCOc5nc6[nH]ccc6cc54)c3)CC2)C1. The molecule has 3 saturated heterocycles. The zero-order valence-electron chi connectivity index (χ0n) is 37.5. The molecule has 6 heterocycles. The van der Waals surface area contributed by atoms with E-state index >= 15 is 0 Å². The van der Waals surface area contributed by atoms with E-state index in [4.69, 9.17) is 14.5 Å². The number of benzene rings is 3. The van der Waals surface area contributed by atoms with E-state index in [9.17, 15) is 28.4 Å². The van der Waals surface area contributed by atoms with Crippen LogP contribution in [-0.2, 0) is 20.4 Å². The first kappa shape index (κ1) is 44.1. The number of carbonyl (C=O) groups excluding carboxylic acids is 1. The summed E-state index contributed by atoms with van der Waals surface area (Å²) in [6, 6.07) is 22.2. The highest BCUT2D eigenvalue weighted by Crippen LogP contribution is 2.54. The maximum atomic E-state index is 14.3. The van der Waals surface area contributed by atoms with E-state index in [0.717, 1.165) is 93.7 Å². The van der Waals surface area contributed by atoms with Gasteiger partial charge in [0.15, 0.2) is 0 Å². The van der Waals surface area contributed by atoms with Crippen LogP contribution in [0, 0.1) is 21.4 Å². The number of sulfonamides is 1. The predicted octanol–water partition coefficient (Wildman–Crippen LogP) is 7.77. The van der Waals surface area contributed by atoms with E-state index < -0.39 is 37.0 Å². The zero-order chi connectivity index (χ0) is 45.8. The molecule has 10 rings (SSSR count). The Labute approximate surface area is 384 Å².